The van der Waals surface area contributed by atoms with Gasteiger partial charge in [-0.1, -0.05) is 18.2 Å². The van der Waals surface area contributed by atoms with Gasteiger partial charge in [-0.15, -0.1) is 0 Å². The molecule has 96 valence electrons. The molecule has 3 aromatic rings. The molecule has 0 aliphatic heterocycles. The van der Waals surface area contributed by atoms with Crippen LogP contribution in [0, 0.1) is 0 Å². The normalized spacial score (nSPS) is 11.5. The minimum Gasteiger partial charge on any atom is -0.494 e. The molecule has 1 aromatic heterocycles. The third-order valence-corrected chi connectivity index (χ3v) is 2.94. The molecule has 0 bridgehead atoms. The number of nitrogens with one attached hydrogen (secondary N) is 1. The first-order chi connectivity index (χ1) is 9.33. The van der Waals surface area contributed by atoms with Crippen LogP contribution in [0.5, 0.6) is 5.75 Å². The van der Waals surface area contributed by atoms with Gasteiger partial charge in [-0.2, -0.15) is 0 Å². The van der Waals surface area contributed by atoms with E-state index in [9.17, 15) is 0 Å². The molecule has 0 spiro atoms. The van der Waals surface area contributed by atoms with E-state index in [-0.39, 0.29) is 0 Å². The predicted octanol–water partition coefficient (Wildman–Crippen LogP) is 3.23. The van der Waals surface area contributed by atoms with Crippen molar-refractivity contribution in [3.63, 3.8) is 0 Å². The van der Waals surface area contributed by atoms with Gasteiger partial charge in [0.15, 0.2) is 0 Å². The van der Waals surface area contributed by atoms with E-state index >= 15 is 0 Å². The Morgan fingerprint density at radius 2 is 2.05 bits per heavy atom. The van der Waals surface area contributed by atoms with Crippen molar-refractivity contribution in [2.75, 3.05) is 7.11 Å². The second-order valence-electron chi connectivity index (χ2n) is 4.01. The van der Waals surface area contributed by atoms with Crippen LogP contribution in [0.25, 0.3) is 21.9 Å². The topological polar surface area (TPSA) is 67.0 Å². The zero-order valence-electron chi connectivity index (χ0n) is 10.3. The minimum atomic E-state index is 0.579. The molecule has 0 fully saturated rings. The van der Waals surface area contributed by atoms with Gasteiger partial charge in [-0.25, -0.2) is 4.99 Å². The maximum atomic E-state index is 8.56. The summed E-state index contributed by atoms with van der Waals surface area (Å²) in [6.07, 6.45) is 1.17. The Bertz CT molecular complexity index is 762. The Morgan fingerprint density at radius 1 is 1.21 bits per heavy atom. The summed E-state index contributed by atoms with van der Waals surface area (Å²) in [5, 5.41) is 10.6. The number of nitrogens with zero attached hydrogens (tertiary/aromatic N) is 1. The fourth-order valence-corrected chi connectivity index (χ4v) is 2.10. The monoisotopic (exact) mass is 256 g/mol. The molecular weight excluding hydrogens is 244 g/mol. The first-order valence-electron chi connectivity index (χ1n) is 5.75. The summed E-state index contributed by atoms with van der Waals surface area (Å²) in [4.78, 5) is 4.04. The molecular formula is C14H12N2O3. The molecule has 0 radical (unpaired) electrons. The SMILES string of the molecule is COc1cc2c(cc1N=CNO)oc1ccccc12. The van der Waals surface area contributed by atoms with Gasteiger partial charge in [-0.3, -0.25) is 10.7 Å². The Hall–Kier alpha value is -2.53. The van der Waals surface area contributed by atoms with Crippen molar-refractivity contribution < 1.29 is 14.4 Å². The number of rotatable bonds is 3. The summed E-state index contributed by atoms with van der Waals surface area (Å²) in [6, 6.07) is 11.5. The van der Waals surface area contributed by atoms with Gasteiger partial charge in [0, 0.05) is 16.8 Å². The molecule has 5 heteroatoms. The van der Waals surface area contributed by atoms with E-state index in [0.29, 0.717) is 11.4 Å². The molecule has 5 nitrogen and oxygen atoms in total. The summed E-state index contributed by atoms with van der Waals surface area (Å²) in [5.41, 5.74) is 3.99. The highest BCUT2D eigenvalue weighted by Crippen LogP contribution is 2.37. The Kier molecular flexibility index (Phi) is 2.81. The van der Waals surface area contributed by atoms with Crippen molar-refractivity contribution in [2.24, 2.45) is 4.99 Å². The number of methoxy groups -OCH3 is 1. The highest BCUT2D eigenvalue weighted by Gasteiger charge is 2.11. The van der Waals surface area contributed by atoms with Crippen molar-refractivity contribution in [3.8, 4) is 5.75 Å². The van der Waals surface area contributed by atoms with Crippen molar-refractivity contribution in [3.05, 3.63) is 36.4 Å². The Balaban J connectivity index is 2.30. The standard InChI is InChI=1S/C14H12N2O3/c1-18-14-6-10-9-4-2-3-5-12(9)19-13(10)7-11(14)15-8-16-17/h2-8,17H,1H3,(H,15,16). The highest BCUT2D eigenvalue weighted by atomic mass is 16.5. The summed E-state index contributed by atoms with van der Waals surface area (Å²) in [6.45, 7) is 0. The summed E-state index contributed by atoms with van der Waals surface area (Å²) in [5.74, 6) is 0.616. The Morgan fingerprint density at radius 3 is 2.84 bits per heavy atom. The lowest BCUT2D eigenvalue weighted by molar-refractivity contribution is 0.240. The van der Waals surface area contributed by atoms with Gasteiger partial charge in [0.05, 0.1) is 7.11 Å². The van der Waals surface area contributed by atoms with Crippen LogP contribution in [-0.2, 0) is 0 Å². The largest absolute Gasteiger partial charge is 0.494 e. The number of hydroxylamine groups is 1. The minimum absolute atomic E-state index is 0.579. The van der Waals surface area contributed by atoms with Gasteiger partial charge in [0.25, 0.3) is 0 Å². The van der Waals surface area contributed by atoms with Crippen LogP contribution in [0.1, 0.15) is 0 Å². The molecule has 0 saturated heterocycles. The average Bonchev–Trinajstić information content (AvgIpc) is 2.81. The van der Waals surface area contributed by atoms with Crippen LogP contribution < -0.4 is 10.2 Å². The van der Waals surface area contributed by atoms with Crippen LogP contribution in [0.3, 0.4) is 0 Å². The first kappa shape index (κ1) is 11.6. The van der Waals surface area contributed by atoms with Gasteiger partial charge < -0.3 is 9.15 Å². The van der Waals surface area contributed by atoms with E-state index in [4.69, 9.17) is 14.4 Å². The fraction of sp³-hybridized carbons (Fsp3) is 0.0714. The zero-order valence-corrected chi connectivity index (χ0v) is 10.3. The number of aliphatic imine (C=N–C) groups is 1. The lowest BCUT2D eigenvalue weighted by Crippen LogP contribution is -2.01. The third-order valence-electron chi connectivity index (χ3n) is 2.94. The van der Waals surface area contributed by atoms with Gasteiger partial charge in [0.1, 0.15) is 28.9 Å². The van der Waals surface area contributed by atoms with E-state index in [1.807, 2.05) is 35.8 Å². The van der Waals surface area contributed by atoms with Crippen LogP contribution in [0.2, 0.25) is 0 Å². The second-order valence-corrected chi connectivity index (χ2v) is 4.01. The van der Waals surface area contributed by atoms with Gasteiger partial charge >= 0.3 is 0 Å². The fourth-order valence-electron chi connectivity index (χ4n) is 2.10. The Labute approximate surface area is 109 Å². The van der Waals surface area contributed by atoms with Crippen LogP contribution in [-0.4, -0.2) is 18.7 Å². The van der Waals surface area contributed by atoms with Gasteiger partial charge in [0.2, 0.25) is 0 Å². The number of ether oxygens (including phenoxy) is 1. The van der Waals surface area contributed by atoms with Crippen molar-refractivity contribution in [2.45, 2.75) is 0 Å². The number of para-hydroxylation sites is 1. The zero-order chi connectivity index (χ0) is 13.2. The highest BCUT2D eigenvalue weighted by molar-refractivity contribution is 6.06. The molecule has 0 atom stereocenters. The number of hydrogen-bond acceptors (Lipinski definition) is 4. The third kappa shape index (κ3) is 1.90. The van der Waals surface area contributed by atoms with Gasteiger partial charge in [-0.05, 0) is 12.1 Å². The van der Waals surface area contributed by atoms with Crippen molar-refractivity contribution in [1.29, 1.82) is 0 Å². The molecule has 0 unspecified atom stereocenters. The predicted molar refractivity (Wildman–Crippen MR) is 73.3 cm³/mol. The van der Waals surface area contributed by atoms with Crippen molar-refractivity contribution >= 4 is 34.0 Å². The van der Waals surface area contributed by atoms with Crippen LogP contribution in [0.15, 0.2) is 45.8 Å². The lowest BCUT2D eigenvalue weighted by Gasteiger charge is -2.03. The quantitative estimate of drug-likeness (QED) is 0.429. The van der Waals surface area contributed by atoms with E-state index < -0.39 is 0 Å². The molecule has 0 aliphatic rings. The molecule has 2 aromatic carbocycles. The lowest BCUT2D eigenvalue weighted by atomic mass is 10.1. The summed E-state index contributed by atoms with van der Waals surface area (Å²) >= 11 is 0. The summed E-state index contributed by atoms with van der Waals surface area (Å²) in [7, 11) is 1.58. The maximum absolute atomic E-state index is 8.56. The smallest absolute Gasteiger partial charge is 0.145 e. The van der Waals surface area contributed by atoms with Crippen molar-refractivity contribution in [1.82, 2.24) is 5.48 Å². The number of hydrogen-bond donors (Lipinski definition) is 2. The van der Waals surface area contributed by atoms with Crippen LogP contribution in [0.4, 0.5) is 5.69 Å². The van der Waals surface area contributed by atoms with E-state index in [1.54, 1.807) is 13.2 Å². The molecule has 0 amide bonds. The molecule has 3 rings (SSSR count). The molecule has 19 heavy (non-hydrogen) atoms. The average molecular weight is 256 g/mol. The number of benzene rings is 2. The first-order valence-corrected chi connectivity index (χ1v) is 5.75. The second kappa shape index (κ2) is 4.62. The molecule has 2 N–H and O–H groups in total. The number of fused-ring (bicyclic) bond motifs is 3. The van der Waals surface area contributed by atoms with E-state index in [0.717, 1.165) is 21.9 Å². The van der Waals surface area contributed by atoms with E-state index in [1.165, 1.54) is 6.34 Å². The van der Waals surface area contributed by atoms with Crippen LogP contribution >= 0.6 is 0 Å². The molecule has 0 saturated carbocycles. The number of furan rings is 1. The maximum Gasteiger partial charge on any atom is 0.145 e. The molecule has 0 aliphatic carbocycles. The summed E-state index contributed by atoms with van der Waals surface area (Å²) < 4.78 is 11.1. The van der Waals surface area contributed by atoms with E-state index in [2.05, 4.69) is 4.99 Å². The molecule has 1 heterocycles.